The number of carbonyl (C=O) groups is 4. The van der Waals surface area contributed by atoms with Gasteiger partial charge in [0.1, 0.15) is 40.8 Å². The van der Waals surface area contributed by atoms with Crippen LogP contribution in [0.25, 0.3) is 22.2 Å². The van der Waals surface area contributed by atoms with Crippen LogP contribution in [0.15, 0.2) is 66.7 Å². The van der Waals surface area contributed by atoms with E-state index in [0.29, 0.717) is 42.0 Å². The third-order valence-corrected chi connectivity index (χ3v) is 9.40. The molecular weight excluding hydrogens is 640 g/mol. The third-order valence-electron chi connectivity index (χ3n) is 9.40. The van der Waals surface area contributed by atoms with Crippen molar-refractivity contribution in [1.29, 1.82) is 0 Å². The molecular formula is C38H44N4O8. The lowest BCUT2D eigenvalue weighted by Gasteiger charge is -2.30. The number of ether oxygens (including phenoxy) is 3. The van der Waals surface area contributed by atoms with E-state index >= 15 is 0 Å². The summed E-state index contributed by atoms with van der Waals surface area (Å²) >= 11 is 0. The Balaban J connectivity index is 1.34. The number of nitrogens with one attached hydrogen (secondary N) is 2. The second-order valence-corrected chi connectivity index (χ2v) is 14.2. The Morgan fingerprint density at radius 2 is 1.86 bits per heavy atom. The maximum atomic E-state index is 14.3. The minimum absolute atomic E-state index is 0.0352. The predicted octanol–water partition coefficient (Wildman–Crippen LogP) is 5.24. The van der Waals surface area contributed by atoms with Crippen LogP contribution in [0.1, 0.15) is 59.3 Å². The molecule has 0 unspecified atom stereocenters. The summed E-state index contributed by atoms with van der Waals surface area (Å²) in [4.78, 5) is 60.0. The number of hydrogen-bond acceptors (Lipinski definition) is 8. The average molecular weight is 685 g/mol. The van der Waals surface area contributed by atoms with Gasteiger partial charge in [-0.3, -0.25) is 9.59 Å². The fourth-order valence-corrected chi connectivity index (χ4v) is 6.76. The molecule has 6 rings (SSSR count). The summed E-state index contributed by atoms with van der Waals surface area (Å²) in [7, 11) is 1.58. The molecule has 12 nitrogen and oxygen atoms in total. The van der Waals surface area contributed by atoms with Crippen molar-refractivity contribution in [2.24, 2.45) is 5.92 Å². The average Bonchev–Trinajstić information content (AvgIpc) is 3.61. The number of aromatic nitrogens is 1. The summed E-state index contributed by atoms with van der Waals surface area (Å²) in [5, 5.41) is 16.4. The predicted molar refractivity (Wildman–Crippen MR) is 186 cm³/mol. The minimum atomic E-state index is -1.44. The van der Waals surface area contributed by atoms with Gasteiger partial charge < -0.3 is 34.9 Å². The summed E-state index contributed by atoms with van der Waals surface area (Å²) in [6.45, 7) is 5.25. The van der Waals surface area contributed by atoms with E-state index in [4.69, 9.17) is 19.2 Å². The smallest absolute Gasteiger partial charge is 0.408 e. The van der Waals surface area contributed by atoms with Crippen molar-refractivity contribution in [3.05, 3.63) is 66.7 Å². The Bertz CT molecular complexity index is 1810. The van der Waals surface area contributed by atoms with Crippen molar-refractivity contribution in [1.82, 2.24) is 20.5 Å². The van der Waals surface area contributed by atoms with Gasteiger partial charge in [0.05, 0.1) is 24.9 Å². The highest BCUT2D eigenvalue weighted by Crippen LogP contribution is 2.45. The van der Waals surface area contributed by atoms with Crippen molar-refractivity contribution in [3.63, 3.8) is 0 Å². The number of benzene rings is 2. The molecule has 5 atom stereocenters. The zero-order chi connectivity index (χ0) is 35.6. The number of amides is 3. The highest BCUT2D eigenvalue weighted by Gasteiger charge is 2.61. The van der Waals surface area contributed by atoms with Crippen LogP contribution in [-0.2, 0) is 19.1 Å². The Morgan fingerprint density at radius 1 is 1.08 bits per heavy atom. The van der Waals surface area contributed by atoms with Gasteiger partial charge >= 0.3 is 12.1 Å². The standard InChI is InChI=1S/C38H44N4O8/c1-37(2,3)50-36(47)40-28-15-11-6-5-10-14-24-21-38(24,35(45)46)41-33(43)31-19-26(22-42(31)34(28)44)49-32-20-29(23-12-8-7-9-13-23)39-30-18-25(48-4)16-17-27(30)32/h7-10,12-14,16-18,20,24,26,28,31H,5-6,11,15,19,21-22H2,1-4H3,(H,40,47)(H,41,43)(H,45,46)/b14-10+/t24-,26-,28+,31+,38-/m1/s1. The highest BCUT2D eigenvalue weighted by atomic mass is 16.6. The van der Waals surface area contributed by atoms with Crippen LogP contribution in [0, 0.1) is 5.92 Å². The lowest BCUT2D eigenvalue weighted by atomic mass is 10.0. The molecule has 2 aliphatic heterocycles. The fraction of sp³-hybridized carbons (Fsp3) is 0.447. The Kier molecular flexibility index (Phi) is 9.73. The molecule has 3 amide bonds. The summed E-state index contributed by atoms with van der Waals surface area (Å²) in [6, 6.07) is 15.0. The molecule has 3 heterocycles. The molecule has 1 saturated carbocycles. The van der Waals surface area contributed by atoms with Gasteiger partial charge in [-0.05, 0) is 58.6 Å². The number of carbonyl (C=O) groups excluding carboxylic acids is 3. The normalized spacial score (nSPS) is 26.1. The molecule has 2 fully saturated rings. The third kappa shape index (κ3) is 7.54. The van der Waals surface area contributed by atoms with Gasteiger partial charge in [0, 0.05) is 35.4 Å². The molecule has 12 heteroatoms. The Morgan fingerprint density at radius 3 is 2.58 bits per heavy atom. The van der Waals surface area contributed by atoms with E-state index < -0.39 is 53.2 Å². The SMILES string of the molecule is COc1ccc2c(O[C@@H]3C[C@H]4C(=O)N[C@]5(C(=O)O)C[C@H]5/C=C/CCCC[C@H](NC(=O)OC(C)(C)C)C(=O)N4C3)cc(-c3ccccc3)nc2c1. The van der Waals surface area contributed by atoms with E-state index in [1.165, 1.54) is 4.90 Å². The number of fused-ring (bicyclic) bond motifs is 3. The van der Waals surface area contributed by atoms with Gasteiger partial charge in [-0.1, -0.05) is 48.9 Å². The highest BCUT2D eigenvalue weighted by molar-refractivity contribution is 5.96. The van der Waals surface area contributed by atoms with Crippen molar-refractivity contribution >= 4 is 34.8 Å². The number of aliphatic carboxylic acids is 1. The van der Waals surface area contributed by atoms with E-state index in [1.54, 1.807) is 27.9 Å². The summed E-state index contributed by atoms with van der Waals surface area (Å²) in [5.74, 6) is -1.36. The molecule has 264 valence electrons. The van der Waals surface area contributed by atoms with Crippen LogP contribution in [0.3, 0.4) is 0 Å². The van der Waals surface area contributed by atoms with Gasteiger partial charge in [-0.2, -0.15) is 0 Å². The number of nitrogens with zero attached hydrogens (tertiary/aromatic N) is 2. The zero-order valence-electron chi connectivity index (χ0n) is 28.8. The molecule has 0 radical (unpaired) electrons. The molecule has 0 spiro atoms. The van der Waals surface area contributed by atoms with Gasteiger partial charge in [-0.25, -0.2) is 14.6 Å². The van der Waals surface area contributed by atoms with E-state index in [1.807, 2.05) is 66.7 Å². The number of alkyl carbamates (subject to hydrolysis) is 1. The molecule has 3 aliphatic rings. The van der Waals surface area contributed by atoms with Crippen LogP contribution >= 0.6 is 0 Å². The summed E-state index contributed by atoms with van der Waals surface area (Å²) in [6.07, 6.45) is 5.13. The second-order valence-electron chi connectivity index (χ2n) is 14.2. The van der Waals surface area contributed by atoms with E-state index in [0.717, 1.165) is 17.4 Å². The molecule has 1 aliphatic carbocycles. The fourth-order valence-electron chi connectivity index (χ4n) is 6.76. The number of pyridine rings is 1. The number of rotatable bonds is 6. The first-order valence-electron chi connectivity index (χ1n) is 17.1. The largest absolute Gasteiger partial charge is 0.497 e. The molecule has 2 aromatic carbocycles. The van der Waals surface area contributed by atoms with Gasteiger partial charge in [0.15, 0.2) is 0 Å². The Hall–Kier alpha value is -5.13. The number of carboxylic acid groups (broad SMARTS) is 1. The van der Waals surface area contributed by atoms with E-state index in [2.05, 4.69) is 10.6 Å². The monoisotopic (exact) mass is 684 g/mol. The molecule has 1 saturated heterocycles. The van der Waals surface area contributed by atoms with Crippen LogP contribution in [0.2, 0.25) is 0 Å². The number of hydrogen-bond donors (Lipinski definition) is 3. The van der Waals surface area contributed by atoms with Crippen LogP contribution in [0.5, 0.6) is 11.5 Å². The Labute approximate surface area is 291 Å². The quantitative estimate of drug-likeness (QED) is 0.296. The lowest BCUT2D eigenvalue weighted by Crippen LogP contribution is -2.56. The first-order valence-corrected chi connectivity index (χ1v) is 17.1. The minimum Gasteiger partial charge on any atom is -0.497 e. The van der Waals surface area contributed by atoms with Crippen LogP contribution < -0.4 is 20.1 Å². The first-order chi connectivity index (χ1) is 23.9. The topological polar surface area (TPSA) is 156 Å². The van der Waals surface area contributed by atoms with Crippen molar-refractivity contribution < 1.29 is 38.5 Å². The van der Waals surface area contributed by atoms with Gasteiger partial charge in [0.2, 0.25) is 11.8 Å². The molecule has 0 bridgehead atoms. The van der Waals surface area contributed by atoms with Crippen LogP contribution in [0.4, 0.5) is 4.79 Å². The lowest BCUT2D eigenvalue weighted by molar-refractivity contribution is -0.145. The summed E-state index contributed by atoms with van der Waals surface area (Å²) < 4.78 is 17.6. The number of carboxylic acids is 1. The van der Waals surface area contributed by atoms with Crippen molar-refractivity contribution in [3.8, 4) is 22.8 Å². The zero-order valence-corrected chi connectivity index (χ0v) is 28.8. The molecule has 3 N–H and O–H groups in total. The van der Waals surface area contributed by atoms with Gasteiger partial charge in [0.25, 0.3) is 0 Å². The van der Waals surface area contributed by atoms with E-state index in [-0.39, 0.29) is 25.3 Å². The van der Waals surface area contributed by atoms with Crippen molar-refractivity contribution in [2.45, 2.75) is 88.6 Å². The van der Waals surface area contributed by atoms with Crippen molar-refractivity contribution in [2.75, 3.05) is 13.7 Å². The molecule has 3 aromatic rings. The first kappa shape index (κ1) is 34.7. The molecule has 50 heavy (non-hydrogen) atoms. The number of methoxy groups -OCH3 is 1. The second kappa shape index (κ2) is 14.0. The van der Waals surface area contributed by atoms with E-state index in [9.17, 15) is 24.3 Å². The van der Waals surface area contributed by atoms with Gasteiger partial charge in [-0.15, -0.1) is 0 Å². The van der Waals surface area contributed by atoms with Crippen LogP contribution in [-0.4, -0.2) is 81.8 Å². The number of allylic oxidation sites excluding steroid dienone is 1. The molecule has 1 aromatic heterocycles. The maximum absolute atomic E-state index is 14.3. The summed E-state index contributed by atoms with van der Waals surface area (Å²) in [5.41, 5.74) is -0.0295. The maximum Gasteiger partial charge on any atom is 0.408 e.